The van der Waals surface area contributed by atoms with Gasteiger partial charge in [-0.3, -0.25) is 9.59 Å². The van der Waals surface area contributed by atoms with E-state index in [1.807, 2.05) is 54.8 Å². The summed E-state index contributed by atoms with van der Waals surface area (Å²) in [6.07, 6.45) is 0.864. The van der Waals surface area contributed by atoms with Gasteiger partial charge in [0.1, 0.15) is 11.5 Å². The number of carbonyl (C=O) groups is 2. The lowest BCUT2D eigenvalue weighted by Crippen LogP contribution is -2.31. The van der Waals surface area contributed by atoms with Crippen LogP contribution in [0, 0.1) is 0 Å². The van der Waals surface area contributed by atoms with Crippen molar-refractivity contribution in [3.8, 4) is 11.5 Å². The fraction of sp³-hybridized carbons (Fsp3) is 0.280. The minimum atomic E-state index is -0.202. The molecule has 0 unspecified atom stereocenters. The number of para-hydroxylation sites is 1. The Morgan fingerprint density at radius 1 is 1.03 bits per heavy atom. The minimum Gasteiger partial charge on any atom is -0.497 e. The molecule has 0 saturated carbocycles. The fourth-order valence-corrected chi connectivity index (χ4v) is 3.94. The van der Waals surface area contributed by atoms with Crippen molar-refractivity contribution in [1.29, 1.82) is 0 Å². The molecular weight excluding hydrogens is 424 g/mol. The highest BCUT2D eigenvalue weighted by molar-refractivity contribution is 7.09. The van der Waals surface area contributed by atoms with Gasteiger partial charge in [0.05, 0.1) is 25.8 Å². The Kier molecular flexibility index (Phi) is 8.69. The number of methoxy groups -OCH3 is 1. The topological polar surface area (TPSA) is 67.9 Å². The lowest BCUT2D eigenvalue weighted by Gasteiger charge is -2.23. The number of nitrogens with one attached hydrogen (secondary N) is 1. The van der Waals surface area contributed by atoms with Gasteiger partial charge in [0.25, 0.3) is 5.91 Å². The van der Waals surface area contributed by atoms with Crippen LogP contribution in [0.25, 0.3) is 0 Å². The number of hydrogen-bond donors (Lipinski definition) is 1. The number of hydrogen-bond acceptors (Lipinski definition) is 5. The van der Waals surface area contributed by atoms with Gasteiger partial charge >= 0.3 is 0 Å². The average Bonchev–Trinajstić information content (AvgIpc) is 3.34. The van der Waals surface area contributed by atoms with Crippen LogP contribution in [-0.2, 0) is 11.3 Å². The Labute approximate surface area is 192 Å². The second-order valence-corrected chi connectivity index (χ2v) is 8.08. The van der Waals surface area contributed by atoms with Crippen molar-refractivity contribution in [3.63, 3.8) is 0 Å². The molecule has 0 aliphatic carbocycles. The third-order valence-corrected chi connectivity index (χ3v) is 5.72. The van der Waals surface area contributed by atoms with Crippen LogP contribution in [0.4, 0.5) is 5.69 Å². The van der Waals surface area contributed by atoms with Crippen LogP contribution < -0.4 is 19.7 Å². The molecule has 0 bridgehead atoms. The highest BCUT2D eigenvalue weighted by Crippen LogP contribution is 2.24. The number of benzene rings is 2. The van der Waals surface area contributed by atoms with E-state index in [4.69, 9.17) is 9.47 Å². The molecule has 0 fully saturated rings. The largest absolute Gasteiger partial charge is 0.497 e. The summed E-state index contributed by atoms with van der Waals surface area (Å²) in [7, 11) is 1.62. The molecule has 0 radical (unpaired) electrons. The summed E-state index contributed by atoms with van der Waals surface area (Å²) >= 11 is 1.62. The van der Waals surface area contributed by atoms with E-state index >= 15 is 0 Å². The summed E-state index contributed by atoms with van der Waals surface area (Å²) in [5.74, 6) is 1.11. The lowest BCUT2D eigenvalue weighted by atomic mass is 10.2. The van der Waals surface area contributed by atoms with Gasteiger partial charge in [0.2, 0.25) is 5.91 Å². The maximum absolute atomic E-state index is 13.0. The van der Waals surface area contributed by atoms with Crippen LogP contribution in [0.1, 0.15) is 35.0 Å². The van der Waals surface area contributed by atoms with Crippen molar-refractivity contribution in [1.82, 2.24) is 5.32 Å². The van der Waals surface area contributed by atoms with Crippen molar-refractivity contribution in [2.75, 3.05) is 25.2 Å². The number of carbonyl (C=O) groups excluding carboxylic acids is 2. The average molecular weight is 453 g/mol. The van der Waals surface area contributed by atoms with Gasteiger partial charge in [0, 0.05) is 23.5 Å². The molecule has 7 heteroatoms. The smallest absolute Gasteiger partial charge is 0.255 e. The van der Waals surface area contributed by atoms with Crippen LogP contribution in [0.5, 0.6) is 11.5 Å². The summed E-state index contributed by atoms with van der Waals surface area (Å²) in [6, 6.07) is 18.6. The molecule has 0 atom stereocenters. The Hall–Kier alpha value is -3.32. The van der Waals surface area contributed by atoms with Crippen LogP contribution in [-0.4, -0.2) is 32.1 Å². The molecule has 1 aromatic heterocycles. The van der Waals surface area contributed by atoms with Crippen molar-refractivity contribution >= 4 is 28.8 Å². The second-order valence-electron chi connectivity index (χ2n) is 7.05. The molecule has 0 saturated heterocycles. The molecule has 168 valence electrons. The van der Waals surface area contributed by atoms with E-state index in [0.717, 1.165) is 16.3 Å². The van der Waals surface area contributed by atoms with Crippen molar-refractivity contribution < 1.29 is 19.1 Å². The molecule has 0 aliphatic heterocycles. The van der Waals surface area contributed by atoms with Crippen LogP contribution in [0.2, 0.25) is 0 Å². The first-order chi connectivity index (χ1) is 15.6. The first kappa shape index (κ1) is 23.3. The van der Waals surface area contributed by atoms with E-state index in [9.17, 15) is 9.59 Å². The predicted octanol–water partition coefficient (Wildman–Crippen LogP) is 4.90. The Bertz CT molecular complexity index is 1000. The Morgan fingerprint density at radius 3 is 2.50 bits per heavy atom. The van der Waals surface area contributed by atoms with Gasteiger partial charge in [-0.2, -0.15) is 0 Å². The molecule has 2 amide bonds. The highest BCUT2D eigenvalue weighted by atomic mass is 32.1. The summed E-state index contributed by atoms with van der Waals surface area (Å²) in [6.45, 7) is 3.28. The first-order valence-electron chi connectivity index (χ1n) is 10.6. The monoisotopic (exact) mass is 452 g/mol. The van der Waals surface area contributed by atoms with E-state index in [-0.39, 0.29) is 11.8 Å². The predicted molar refractivity (Wildman–Crippen MR) is 128 cm³/mol. The van der Waals surface area contributed by atoms with Gasteiger partial charge in [-0.05, 0) is 61.2 Å². The number of amides is 2. The fourth-order valence-electron chi connectivity index (χ4n) is 3.25. The maximum Gasteiger partial charge on any atom is 0.255 e. The molecule has 6 nitrogen and oxygen atoms in total. The molecule has 32 heavy (non-hydrogen) atoms. The molecule has 3 rings (SSSR count). The van der Waals surface area contributed by atoms with E-state index in [0.29, 0.717) is 43.9 Å². The zero-order chi connectivity index (χ0) is 22.8. The van der Waals surface area contributed by atoms with Gasteiger partial charge in [-0.1, -0.05) is 18.2 Å². The summed E-state index contributed by atoms with van der Waals surface area (Å²) < 4.78 is 10.7. The number of rotatable bonds is 11. The van der Waals surface area contributed by atoms with Gasteiger partial charge in [0.15, 0.2) is 0 Å². The van der Waals surface area contributed by atoms with Gasteiger partial charge < -0.3 is 19.7 Å². The molecule has 1 heterocycles. The van der Waals surface area contributed by atoms with Gasteiger partial charge in [-0.15, -0.1) is 11.3 Å². The summed E-state index contributed by atoms with van der Waals surface area (Å²) in [5.41, 5.74) is 1.32. The summed E-state index contributed by atoms with van der Waals surface area (Å²) in [4.78, 5) is 28.4. The molecule has 2 aromatic carbocycles. The van der Waals surface area contributed by atoms with Crippen molar-refractivity contribution in [2.24, 2.45) is 0 Å². The van der Waals surface area contributed by atoms with Crippen LogP contribution >= 0.6 is 11.3 Å². The SMILES string of the molecule is CCOc1ccccc1C(=O)NCCCC(=O)N(Cc1cccs1)c1ccc(OC)cc1. The zero-order valence-electron chi connectivity index (χ0n) is 18.4. The van der Waals surface area contributed by atoms with E-state index in [2.05, 4.69) is 5.32 Å². The molecule has 0 aliphatic rings. The normalized spacial score (nSPS) is 10.4. The minimum absolute atomic E-state index is 0.00697. The standard InChI is InChI=1S/C25H28N2O4S/c1-3-31-23-10-5-4-9-22(23)25(29)26-16-6-11-24(28)27(18-21-8-7-17-32-21)19-12-14-20(30-2)15-13-19/h4-5,7-10,12-15,17H,3,6,11,16,18H2,1-2H3,(H,26,29). The van der Waals surface area contributed by atoms with Crippen molar-refractivity contribution in [2.45, 2.75) is 26.3 Å². The number of anilines is 1. The number of nitrogens with zero attached hydrogens (tertiary/aromatic N) is 1. The van der Waals surface area contributed by atoms with Crippen LogP contribution in [0.3, 0.4) is 0 Å². The van der Waals surface area contributed by atoms with Gasteiger partial charge in [-0.25, -0.2) is 0 Å². The quantitative estimate of drug-likeness (QED) is 0.420. The number of thiophene rings is 1. The third-order valence-electron chi connectivity index (χ3n) is 4.86. The number of ether oxygens (including phenoxy) is 2. The maximum atomic E-state index is 13.0. The molecule has 0 spiro atoms. The van der Waals surface area contributed by atoms with E-state index in [1.54, 1.807) is 41.5 Å². The molecule has 3 aromatic rings. The Morgan fingerprint density at radius 2 is 1.81 bits per heavy atom. The zero-order valence-corrected chi connectivity index (χ0v) is 19.2. The first-order valence-corrected chi connectivity index (χ1v) is 11.5. The lowest BCUT2D eigenvalue weighted by molar-refractivity contribution is -0.118. The van der Waals surface area contributed by atoms with E-state index < -0.39 is 0 Å². The van der Waals surface area contributed by atoms with E-state index in [1.165, 1.54) is 0 Å². The van der Waals surface area contributed by atoms with Crippen molar-refractivity contribution in [3.05, 3.63) is 76.5 Å². The Balaban J connectivity index is 1.58. The molecule has 1 N–H and O–H groups in total. The second kappa shape index (κ2) is 11.9. The summed E-state index contributed by atoms with van der Waals surface area (Å²) in [5, 5.41) is 4.89. The highest BCUT2D eigenvalue weighted by Gasteiger charge is 2.17. The molecular formula is C25H28N2O4S. The third kappa shape index (κ3) is 6.34. The van der Waals surface area contributed by atoms with Crippen LogP contribution in [0.15, 0.2) is 66.0 Å².